The first-order valence-electron chi connectivity index (χ1n) is 9.53. The van der Waals surface area contributed by atoms with E-state index in [1.54, 1.807) is 0 Å². The number of fused-ring (bicyclic) bond motifs is 3. The van der Waals surface area contributed by atoms with Crippen molar-refractivity contribution in [1.29, 1.82) is 0 Å². The molecule has 26 heavy (non-hydrogen) atoms. The van der Waals surface area contributed by atoms with Gasteiger partial charge in [0.2, 0.25) is 0 Å². The minimum absolute atomic E-state index is 0.0659. The van der Waals surface area contributed by atoms with Crippen LogP contribution in [-0.2, 0) is 0 Å². The van der Waals surface area contributed by atoms with E-state index in [-0.39, 0.29) is 29.1 Å². The summed E-state index contributed by atoms with van der Waals surface area (Å²) in [5, 5.41) is 3.65. The maximum Gasteiger partial charge on any atom is 0.287 e. The summed E-state index contributed by atoms with van der Waals surface area (Å²) < 4.78 is 12.1. The van der Waals surface area contributed by atoms with Crippen molar-refractivity contribution in [1.82, 2.24) is 5.32 Å². The first-order chi connectivity index (χ1) is 12.4. The summed E-state index contributed by atoms with van der Waals surface area (Å²) >= 11 is 0. The number of hydrogen-bond acceptors (Lipinski definition) is 4. The summed E-state index contributed by atoms with van der Waals surface area (Å²) in [4.78, 5) is 25.5. The second-order valence-electron chi connectivity index (χ2n) is 7.74. The number of nitrogens with one attached hydrogen (secondary N) is 1. The second kappa shape index (κ2) is 6.15. The number of amides is 1. The van der Waals surface area contributed by atoms with Gasteiger partial charge in [-0.15, -0.1) is 0 Å². The SMILES string of the molecule is CC[C@H](C)NC(=O)c1oc2ccc3c(c2c1C)C(=O)CC1(CCCC1)O3. The topological polar surface area (TPSA) is 68.5 Å². The summed E-state index contributed by atoms with van der Waals surface area (Å²) in [5.74, 6) is 0.769. The summed E-state index contributed by atoms with van der Waals surface area (Å²) in [5.41, 5.74) is 1.52. The molecular formula is C21H25NO4. The lowest BCUT2D eigenvalue weighted by atomic mass is 9.87. The van der Waals surface area contributed by atoms with Gasteiger partial charge in [-0.2, -0.15) is 0 Å². The Morgan fingerprint density at radius 2 is 2.04 bits per heavy atom. The molecular weight excluding hydrogens is 330 g/mol. The van der Waals surface area contributed by atoms with Crippen LogP contribution < -0.4 is 10.1 Å². The number of carbonyl (C=O) groups is 2. The number of benzene rings is 1. The fraction of sp³-hybridized carbons (Fsp3) is 0.524. The van der Waals surface area contributed by atoms with Crippen LogP contribution in [0.15, 0.2) is 16.5 Å². The monoisotopic (exact) mass is 355 g/mol. The molecule has 0 unspecified atom stereocenters. The number of carbonyl (C=O) groups excluding carboxylic acids is 2. The molecule has 2 aliphatic rings. The molecule has 0 bridgehead atoms. The molecule has 5 heteroatoms. The number of rotatable bonds is 3. The van der Waals surface area contributed by atoms with Gasteiger partial charge in [0.25, 0.3) is 5.91 Å². The predicted molar refractivity (Wildman–Crippen MR) is 98.9 cm³/mol. The van der Waals surface area contributed by atoms with Crippen LogP contribution in [0, 0.1) is 6.92 Å². The molecule has 0 radical (unpaired) electrons. The number of ether oxygens (including phenoxy) is 1. The van der Waals surface area contributed by atoms with Crippen molar-refractivity contribution >= 4 is 22.7 Å². The van der Waals surface area contributed by atoms with Crippen LogP contribution >= 0.6 is 0 Å². The van der Waals surface area contributed by atoms with Gasteiger partial charge in [-0.1, -0.05) is 6.92 Å². The van der Waals surface area contributed by atoms with Crippen LogP contribution in [0.1, 0.15) is 78.8 Å². The van der Waals surface area contributed by atoms with Gasteiger partial charge >= 0.3 is 0 Å². The van der Waals surface area contributed by atoms with Crippen molar-refractivity contribution in [2.45, 2.75) is 70.9 Å². The zero-order chi connectivity index (χ0) is 18.5. The summed E-state index contributed by atoms with van der Waals surface area (Å²) in [7, 11) is 0. The summed E-state index contributed by atoms with van der Waals surface area (Å²) in [6.45, 7) is 5.81. The van der Waals surface area contributed by atoms with E-state index in [4.69, 9.17) is 9.15 Å². The quantitative estimate of drug-likeness (QED) is 0.877. The maximum atomic E-state index is 13.0. The highest BCUT2D eigenvalue weighted by Crippen LogP contribution is 2.46. The highest BCUT2D eigenvalue weighted by atomic mass is 16.5. The highest BCUT2D eigenvalue weighted by molar-refractivity contribution is 6.13. The van der Waals surface area contributed by atoms with Crippen molar-refractivity contribution in [3.63, 3.8) is 0 Å². The second-order valence-corrected chi connectivity index (χ2v) is 7.74. The molecule has 1 atom stereocenters. The van der Waals surface area contributed by atoms with E-state index in [1.807, 2.05) is 32.9 Å². The van der Waals surface area contributed by atoms with Crippen molar-refractivity contribution < 1.29 is 18.7 Å². The molecule has 1 amide bonds. The molecule has 4 rings (SSSR count). The van der Waals surface area contributed by atoms with Gasteiger partial charge in [0.1, 0.15) is 16.9 Å². The number of Topliss-reactive ketones (excluding diaryl/α,β-unsaturated/α-hetero) is 1. The van der Waals surface area contributed by atoms with E-state index in [9.17, 15) is 9.59 Å². The Kier molecular flexibility index (Phi) is 4.05. The molecule has 138 valence electrons. The van der Waals surface area contributed by atoms with Crippen LogP contribution in [0.4, 0.5) is 0 Å². The molecule has 1 N–H and O–H groups in total. The normalized spacial score (nSPS) is 19.4. The third-order valence-corrected chi connectivity index (χ3v) is 5.86. The van der Waals surface area contributed by atoms with Crippen LogP contribution in [0.3, 0.4) is 0 Å². The van der Waals surface area contributed by atoms with Crippen LogP contribution in [-0.4, -0.2) is 23.3 Å². The Balaban J connectivity index is 1.78. The smallest absolute Gasteiger partial charge is 0.287 e. The third-order valence-electron chi connectivity index (χ3n) is 5.86. The van der Waals surface area contributed by atoms with E-state index < -0.39 is 0 Å². The lowest BCUT2D eigenvalue weighted by molar-refractivity contribution is 0.0454. The van der Waals surface area contributed by atoms with Crippen molar-refractivity contribution in [3.8, 4) is 5.75 Å². The number of furan rings is 1. The first kappa shape index (κ1) is 17.1. The molecule has 1 aliphatic carbocycles. The first-order valence-corrected chi connectivity index (χ1v) is 9.53. The Bertz CT molecular complexity index is 889. The molecule has 1 aromatic carbocycles. The van der Waals surface area contributed by atoms with Crippen molar-refractivity contribution in [2.24, 2.45) is 0 Å². The van der Waals surface area contributed by atoms with Gasteiger partial charge in [0.15, 0.2) is 11.5 Å². The number of hydrogen-bond donors (Lipinski definition) is 1. The van der Waals surface area contributed by atoms with Gasteiger partial charge in [-0.05, 0) is 58.1 Å². The lowest BCUT2D eigenvalue weighted by Gasteiger charge is -2.34. The fourth-order valence-electron chi connectivity index (χ4n) is 4.24. The zero-order valence-electron chi connectivity index (χ0n) is 15.6. The summed E-state index contributed by atoms with van der Waals surface area (Å²) in [6, 6.07) is 3.69. The van der Waals surface area contributed by atoms with Crippen LogP contribution in [0.25, 0.3) is 11.0 Å². The molecule has 1 aliphatic heterocycles. The summed E-state index contributed by atoms with van der Waals surface area (Å²) in [6.07, 6.45) is 5.34. The Morgan fingerprint density at radius 1 is 1.31 bits per heavy atom. The molecule has 1 fully saturated rings. The standard InChI is InChI=1S/C21H25NO4/c1-4-12(2)22-20(24)19-13(3)17-15(25-19)7-8-16-18(17)14(23)11-21(26-16)9-5-6-10-21/h7-8,12H,4-6,9-11H2,1-3H3,(H,22,24)/t12-/m0/s1. The largest absolute Gasteiger partial charge is 0.486 e. The maximum absolute atomic E-state index is 13.0. The third kappa shape index (κ3) is 2.61. The van der Waals surface area contributed by atoms with Gasteiger partial charge in [-0.3, -0.25) is 9.59 Å². The highest BCUT2D eigenvalue weighted by Gasteiger charge is 2.43. The predicted octanol–water partition coefficient (Wildman–Crippen LogP) is 4.55. The van der Waals surface area contributed by atoms with Crippen molar-refractivity contribution in [2.75, 3.05) is 0 Å². The van der Waals surface area contributed by atoms with Crippen LogP contribution in [0.2, 0.25) is 0 Å². The van der Waals surface area contributed by atoms with E-state index >= 15 is 0 Å². The van der Waals surface area contributed by atoms with E-state index in [1.165, 1.54) is 0 Å². The Labute approximate surface area is 153 Å². The molecule has 0 saturated heterocycles. The van der Waals surface area contributed by atoms with E-state index in [2.05, 4.69) is 5.32 Å². The molecule has 1 spiro atoms. The van der Waals surface area contributed by atoms with Gasteiger partial charge in [0, 0.05) is 17.0 Å². The molecule has 2 aromatic rings. The minimum atomic E-state index is -0.327. The average molecular weight is 355 g/mol. The van der Waals surface area contributed by atoms with Crippen molar-refractivity contribution in [3.05, 3.63) is 29.0 Å². The number of aryl methyl sites for hydroxylation is 1. The minimum Gasteiger partial charge on any atom is -0.486 e. The molecule has 5 nitrogen and oxygen atoms in total. The molecule has 1 aromatic heterocycles. The lowest BCUT2D eigenvalue weighted by Crippen LogP contribution is -2.39. The van der Waals surface area contributed by atoms with Crippen LogP contribution in [0.5, 0.6) is 5.75 Å². The van der Waals surface area contributed by atoms with Gasteiger partial charge in [-0.25, -0.2) is 0 Å². The molecule has 2 heterocycles. The fourth-order valence-corrected chi connectivity index (χ4v) is 4.24. The Hall–Kier alpha value is -2.30. The van der Waals surface area contributed by atoms with Gasteiger partial charge < -0.3 is 14.5 Å². The average Bonchev–Trinajstić information content (AvgIpc) is 3.19. The van der Waals surface area contributed by atoms with Gasteiger partial charge in [0.05, 0.1) is 12.0 Å². The molecule has 1 saturated carbocycles. The van der Waals surface area contributed by atoms with E-state index in [0.717, 1.165) is 37.5 Å². The number of ketones is 1. The zero-order valence-corrected chi connectivity index (χ0v) is 15.6. The Morgan fingerprint density at radius 3 is 2.73 bits per heavy atom. The van der Waals surface area contributed by atoms with E-state index in [0.29, 0.717) is 28.9 Å².